The van der Waals surface area contributed by atoms with Crippen LogP contribution in [0.15, 0.2) is 18.2 Å². The van der Waals surface area contributed by atoms with Gasteiger partial charge >= 0.3 is 0 Å². The highest BCUT2D eigenvalue weighted by atomic mass is 15.2. The van der Waals surface area contributed by atoms with E-state index in [-0.39, 0.29) is 0 Å². The quantitative estimate of drug-likeness (QED) is 0.851. The predicted molar refractivity (Wildman–Crippen MR) is 96.6 cm³/mol. The zero-order valence-electron chi connectivity index (χ0n) is 14.5. The van der Waals surface area contributed by atoms with Crippen LogP contribution in [0.2, 0.25) is 0 Å². The van der Waals surface area contributed by atoms with Gasteiger partial charge in [-0.1, -0.05) is 30.5 Å². The van der Waals surface area contributed by atoms with E-state index in [0.29, 0.717) is 6.04 Å². The predicted octanol–water partition coefficient (Wildman–Crippen LogP) is 4.81. The number of hydrogen-bond acceptors (Lipinski definition) is 4. The maximum absolute atomic E-state index is 4.66. The molecule has 1 aliphatic rings. The summed E-state index contributed by atoms with van der Waals surface area (Å²) in [5.41, 5.74) is 5.88. The van der Waals surface area contributed by atoms with Crippen molar-refractivity contribution in [2.45, 2.75) is 59.4 Å². The molecular weight excluding hydrogens is 284 g/mol. The van der Waals surface area contributed by atoms with Crippen LogP contribution in [0.25, 0.3) is 0 Å². The second-order valence-corrected chi connectivity index (χ2v) is 6.74. The van der Waals surface area contributed by atoms with Gasteiger partial charge in [-0.2, -0.15) is 4.98 Å². The minimum atomic E-state index is 0.521. The van der Waals surface area contributed by atoms with Crippen LogP contribution in [0.5, 0.6) is 0 Å². The van der Waals surface area contributed by atoms with Crippen LogP contribution in [-0.4, -0.2) is 16.0 Å². The first kappa shape index (κ1) is 15.8. The Balaban J connectivity index is 1.84. The highest BCUT2D eigenvalue weighted by molar-refractivity contribution is 5.66. The molecule has 0 atom stereocenters. The van der Waals surface area contributed by atoms with Gasteiger partial charge in [-0.05, 0) is 51.7 Å². The molecule has 4 heteroatoms. The third-order valence-electron chi connectivity index (χ3n) is 4.47. The first-order valence-corrected chi connectivity index (χ1v) is 8.48. The molecule has 0 spiro atoms. The van der Waals surface area contributed by atoms with E-state index in [1.54, 1.807) is 0 Å². The fraction of sp³-hybridized carbons (Fsp3) is 0.474. The van der Waals surface area contributed by atoms with Gasteiger partial charge in [0.2, 0.25) is 5.95 Å². The third kappa shape index (κ3) is 3.81. The van der Waals surface area contributed by atoms with Gasteiger partial charge in [0.05, 0.1) is 0 Å². The summed E-state index contributed by atoms with van der Waals surface area (Å²) < 4.78 is 0. The summed E-state index contributed by atoms with van der Waals surface area (Å²) in [4.78, 5) is 9.20. The smallest absolute Gasteiger partial charge is 0.225 e. The number of aromatic nitrogens is 2. The number of aryl methyl sites for hydroxylation is 4. The van der Waals surface area contributed by atoms with Crippen molar-refractivity contribution in [2.75, 3.05) is 10.6 Å². The second kappa shape index (κ2) is 6.57. The van der Waals surface area contributed by atoms with Crippen LogP contribution in [0.3, 0.4) is 0 Å². The molecule has 2 aromatic rings. The Morgan fingerprint density at radius 1 is 0.913 bits per heavy atom. The number of benzene rings is 1. The largest absolute Gasteiger partial charge is 0.351 e. The Morgan fingerprint density at radius 2 is 1.57 bits per heavy atom. The average Bonchev–Trinajstić information content (AvgIpc) is 2.95. The highest BCUT2D eigenvalue weighted by Gasteiger charge is 2.16. The van der Waals surface area contributed by atoms with Crippen molar-refractivity contribution < 1.29 is 0 Å². The van der Waals surface area contributed by atoms with E-state index < -0.39 is 0 Å². The van der Waals surface area contributed by atoms with Crippen LogP contribution < -0.4 is 10.6 Å². The molecule has 0 saturated heterocycles. The minimum Gasteiger partial charge on any atom is -0.351 e. The molecule has 1 heterocycles. The summed E-state index contributed by atoms with van der Waals surface area (Å²) in [7, 11) is 0. The maximum Gasteiger partial charge on any atom is 0.225 e. The first-order chi connectivity index (χ1) is 11.0. The Morgan fingerprint density at radius 3 is 2.22 bits per heavy atom. The van der Waals surface area contributed by atoms with E-state index in [1.807, 2.05) is 13.0 Å². The molecule has 1 aliphatic carbocycles. The van der Waals surface area contributed by atoms with E-state index in [1.165, 1.54) is 42.4 Å². The second-order valence-electron chi connectivity index (χ2n) is 6.74. The molecule has 3 rings (SSSR count). The van der Waals surface area contributed by atoms with E-state index in [2.05, 4.69) is 53.5 Å². The summed E-state index contributed by atoms with van der Waals surface area (Å²) in [6.07, 6.45) is 5.04. The molecule has 0 bridgehead atoms. The van der Waals surface area contributed by atoms with Gasteiger partial charge in [0, 0.05) is 23.5 Å². The fourth-order valence-corrected chi connectivity index (χ4v) is 3.46. The highest BCUT2D eigenvalue weighted by Crippen LogP contribution is 2.26. The zero-order valence-corrected chi connectivity index (χ0v) is 14.5. The van der Waals surface area contributed by atoms with Gasteiger partial charge in [0.1, 0.15) is 5.82 Å². The molecule has 2 N–H and O–H groups in total. The molecular formula is C19H26N4. The molecule has 23 heavy (non-hydrogen) atoms. The molecule has 0 aliphatic heterocycles. The van der Waals surface area contributed by atoms with Gasteiger partial charge in [-0.15, -0.1) is 0 Å². The molecule has 1 fully saturated rings. The van der Waals surface area contributed by atoms with Gasteiger partial charge in [0.15, 0.2) is 0 Å². The molecule has 1 aromatic carbocycles. The Bertz CT molecular complexity index is 680. The molecule has 0 radical (unpaired) electrons. The zero-order chi connectivity index (χ0) is 16.4. The Labute approximate surface area is 138 Å². The SMILES string of the molecule is Cc1cc(C)c(Nc2cc(C)nc(NC3CCCC3)n2)c(C)c1. The molecule has 4 nitrogen and oxygen atoms in total. The van der Waals surface area contributed by atoms with Crippen LogP contribution in [0.4, 0.5) is 17.5 Å². The lowest BCUT2D eigenvalue weighted by molar-refractivity contribution is 0.743. The number of hydrogen-bond donors (Lipinski definition) is 2. The summed E-state index contributed by atoms with van der Waals surface area (Å²) in [5, 5.41) is 6.97. The van der Waals surface area contributed by atoms with Gasteiger partial charge in [-0.25, -0.2) is 4.98 Å². The molecule has 1 aromatic heterocycles. The average molecular weight is 310 g/mol. The number of nitrogens with zero attached hydrogens (tertiary/aromatic N) is 2. The van der Waals surface area contributed by atoms with Gasteiger partial charge < -0.3 is 10.6 Å². The van der Waals surface area contributed by atoms with Crippen molar-refractivity contribution in [3.8, 4) is 0 Å². The van der Waals surface area contributed by atoms with Crippen molar-refractivity contribution in [1.82, 2.24) is 9.97 Å². The lowest BCUT2D eigenvalue weighted by Gasteiger charge is -2.16. The minimum absolute atomic E-state index is 0.521. The van der Waals surface area contributed by atoms with Crippen LogP contribution in [-0.2, 0) is 0 Å². The van der Waals surface area contributed by atoms with E-state index >= 15 is 0 Å². The van der Waals surface area contributed by atoms with E-state index in [0.717, 1.165) is 23.1 Å². The Kier molecular flexibility index (Phi) is 4.51. The lowest BCUT2D eigenvalue weighted by Crippen LogP contribution is -2.17. The number of nitrogens with one attached hydrogen (secondary N) is 2. The normalized spacial score (nSPS) is 15.0. The maximum atomic E-state index is 4.66. The monoisotopic (exact) mass is 310 g/mol. The summed E-state index contributed by atoms with van der Waals surface area (Å²) in [6, 6.07) is 6.91. The summed E-state index contributed by atoms with van der Waals surface area (Å²) in [6.45, 7) is 8.41. The molecule has 1 saturated carbocycles. The summed E-state index contributed by atoms with van der Waals surface area (Å²) in [5.74, 6) is 1.59. The van der Waals surface area contributed by atoms with Crippen LogP contribution in [0.1, 0.15) is 48.1 Å². The van der Waals surface area contributed by atoms with Crippen LogP contribution >= 0.6 is 0 Å². The van der Waals surface area contributed by atoms with E-state index in [4.69, 9.17) is 0 Å². The third-order valence-corrected chi connectivity index (χ3v) is 4.47. The molecule has 0 amide bonds. The first-order valence-electron chi connectivity index (χ1n) is 8.48. The topological polar surface area (TPSA) is 49.8 Å². The standard InChI is InChI=1S/C19H26N4/c1-12-9-13(2)18(14(3)10-12)22-17-11-15(4)20-19(23-17)21-16-7-5-6-8-16/h9-11,16H,5-8H2,1-4H3,(H2,20,21,22,23). The van der Waals surface area contributed by atoms with Gasteiger partial charge in [-0.3, -0.25) is 0 Å². The van der Waals surface area contributed by atoms with Crippen molar-refractivity contribution in [3.05, 3.63) is 40.6 Å². The van der Waals surface area contributed by atoms with Crippen molar-refractivity contribution in [2.24, 2.45) is 0 Å². The summed E-state index contributed by atoms with van der Waals surface area (Å²) >= 11 is 0. The van der Waals surface area contributed by atoms with Gasteiger partial charge in [0.25, 0.3) is 0 Å². The van der Waals surface area contributed by atoms with E-state index in [9.17, 15) is 0 Å². The fourth-order valence-electron chi connectivity index (χ4n) is 3.46. The molecule has 0 unspecified atom stereocenters. The molecule has 122 valence electrons. The number of anilines is 3. The van der Waals surface area contributed by atoms with Crippen molar-refractivity contribution in [3.63, 3.8) is 0 Å². The number of rotatable bonds is 4. The van der Waals surface area contributed by atoms with Crippen molar-refractivity contribution >= 4 is 17.5 Å². The lowest BCUT2D eigenvalue weighted by atomic mass is 10.1. The van der Waals surface area contributed by atoms with Crippen LogP contribution in [0, 0.1) is 27.7 Å². The Hall–Kier alpha value is -2.10. The van der Waals surface area contributed by atoms with Crippen molar-refractivity contribution in [1.29, 1.82) is 0 Å².